The number of anilines is 2. The fourth-order valence-electron chi connectivity index (χ4n) is 2.27. The quantitative estimate of drug-likeness (QED) is 0.761. The SMILES string of the molecule is CCCn1cc(NC(=O)Nc2ccc(C(=O)NCC)cc2C)cn1. The number of nitrogens with zero attached hydrogens (tertiary/aromatic N) is 2. The van der Waals surface area contributed by atoms with E-state index in [0.717, 1.165) is 18.5 Å². The van der Waals surface area contributed by atoms with E-state index in [1.807, 2.05) is 13.8 Å². The second kappa shape index (κ2) is 8.14. The monoisotopic (exact) mass is 329 g/mol. The van der Waals surface area contributed by atoms with Crippen LogP contribution in [0, 0.1) is 6.92 Å². The first kappa shape index (κ1) is 17.5. The Hall–Kier alpha value is -2.83. The molecule has 1 aromatic carbocycles. The summed E-state index contributed by atoms with van der Waals surface area (Å²) in [6.07, 6.45) is 4.37. The molecule has 0 unspecified atom stereocenters. The van der Waals surface area contributed by atoms with E-state index in [4.69, 9.17) is 0 Å². The molecule has 0 radical (unpaired) electrons. The minimum absolute atomic E-state index is 0.125. The molecule has 7 nitrogen and oxygen atoms in total. The van der Waals surface area contributed by atoms with Crippen molar-refractivity contribution in [2.75, 3.05) is 17.2 Å². The van der Waals surface area contributed by atoms with Crippen LogP contribution >= 0.6 is 0 Å². The first-order valence-electron chi connectivity index (χ1n) is 8.02. The number of benzene rings is 1. The number of aromatic nitrogens is 2. The third-order valence-corrected chi connectivity index (χ3v) is 3.42. The molecule has 1 aromatic heterocycles. The average Bonchev–Trinajstić information content (AvgIpc) is 2.97. The van der Waals surface area contributed by atoms with Crippen molar-refractivity contribution >= 4 is 23.3 Å². The van der Waals surface area contributed by atoms with Gasteiger partial charge in [-0.05, 0) is 44.0 Å². The molecule has 2 aromatic rings. The third-order valence-electron chi connectivity index (χ3n) is 3.42. The minimum Gasteiger partial charge on any atom is -0.352 e. The van der Waals surface area contributed by atoms with Crippen LogP contribution in [0.25, 0.3) is 0 Å². The third kappa shape index (κ3) is 4.58. The van der Waals surface area contributed by atoms with Crippen molar-refractivity contribution in [1.29, 1.82) is 0 Å². The van der Waals surface area contributed by atoms with Crippen LogP contribution in [0.3, 0.4) is 0 Å². The molecule has 0 aliphatic rings. The van der Waals surface area contributed by atoms with Gasteiger partial charge in [0.25, 0.3) is 5.91 Å². The normalized spacial score (nSPS) is 10.3. The highest BCUT2D eigenvalue weighted by Crippen LogP contribution is 2.17. The van der Waals surface area contributed by atoms with Gasteiger partial charge in [0.2, 0.25) is 0 Å². The number of nitrogens with one attached hydrogen (secondary N) is 3. The second-order valence-corrected chi connectivity index (χ2v) is 5.46. The summed E-state index contributed by atoms with van der Waals surface area (Å²) >= 11 is 0. The Balaban J connectivity index is 1.99. The maximum Gasteiger partial charge on any atom is 0.323 e. The van der Waals surface area contributed by atoms with E-state index >= 15 is 0 Å². The van der Waals surface area contributed by atoms with E-state index in [0.29, 0.717) is 23.5 Å². The first-order chi connectivity index (χ1) is 11.5. The summed E-state index contributed by atoms with van der Waals surface area (Å²) in [6.45, 7) is 7.16. The summed E-state index contributed by atoms with van der Waals surface area (Å²) < 4.78 is 1.78. The Morgan fingerprint density at radius 1 is 1.21 bits per heavy atom. The Kier molecular flexibility index (Phi) is 5.95. The van der Waals surface area contributed by atoms with E-state index < -0.39 is 0 Å². The molecule has 0 aliphatic heterocycles. The number of carbonyl (C=O) groups is 2. The van der Waals surface area contributed by atoms with Crippen LogP contribution in [-0.4, -0.2) is 28.3 Å². The summed E-state index contributed by atoms with van der Waals surface area (Å²) in [7, 11) is 0. The number of carbonyl (C=O) groups excluding carboxylic acids is 2. The molecule has 0 saturated heterocycles. The Bertz CT molecular complexity index is 724. The molecule has 0 saturated carbocycles. The molecule has 0 atom stereocenters. The van der Waals surface area contributed by atoms with Crippen molar-refractivity contribution in [3.05, 3.63) is 41.7 Å². The molecule has 3 amide bonds. The highest BCUT2D eigenvalue weighted by Gasteiger charge is 2.09. The van der Waals surface area contributed by atoms with Gasteiger partial charge in [-0.3, -0.25) is 9.48 Å². The number of rotatable bonds is 6. The van der Waals surface area contributed by atoms with Crippen molar-refractivity contribution in [1.82, 2.24) is 15.1 Å². The van der Waals surface area contributed by atoms with Crippen LogP contribution in [0.5, 0.6) is 0 Å². The first-order valence-corrected chi connectivity index (χ1v) is 8.02. The summed E-state index contributed by atoms with van der Waals surface area (Å²) in [5.41, 5.74) is 2.68. The summed E-state index contributed by atoms with van der Waals surface area (Å²) in [6, 6.07) is 4.81. The molecule has 2 rings (SSSR count). The lowest BCUT2D eigenvalue weighted by Crippen LogP contribution is -2.23. The number of hydrogen-bond acceptors (Lipinski definition) is 3. The molecule has 24 heavy (non-hydrogen) atoms. The van der Waals surface area contributed by atoms with Crippen LogP contribution in [0.15, 0.2) is 30.6 Å². The van der Waals surface area contributed by atoms with Gasteiger partial charge in [-0.2, -0.15) is 5.10 Å². The molecule has 0 fully saturated rings. The fourth-order valence-corrected chi connectivity index (χ4v) is 2.27. The van der Waals surface area contributed by atoms with Crippen molar-refractivity contribution < 1.29 is 9.59 Å². The molecule has 1 heterocycles. The van der Waals surface area contributed by atoms with Crippen LogP contribution in [-0.2, 0) is 6.54 Å². The average molecular weight is 329 g/mol. The van der Waals surface area contributed by atoms with Crippen molar-refractivity contribution in [2.45, 2.75) is 33.7 Å². The summed E-state index contributed by atoms with van der Waals surface area (Å²) in [5, 5.41) is 12.4. The predicted octanol–water partition coefficient (Wildman–Crippen LogP) is 3.00. The summed E-state index contributed by atoms with van der Waals surface area (Å²) in [5.74, 6) is -0.125. The van der Waals surface area contributed by atoms with Gasteiger partial charge in [-0.1, -0.05) is 6.92 Å². The fraction of sp³-hybridized carbons (Fsp3) is 0.353. The molecule has 3 N–H and O–H groups in total. The maximum atomic E-state index is 12.1. The Morgan fingerprint density at radius 2 is 2.00 bits per heavy atom. The standard InChI is InChI=1S/C17H23N5O2/c1-4-8-22-11-14(10-19-22)20-17(24)21-15-7-6-13(9-12(15)3)16(23)18-5-2/h6-7,9-11H,4-5,8H2,1-3H3,(H,18,23)(H2,20,21,24). The number of aryl methyl sites for hydroxylation is 2. The predicted molar refractivity (Wildman–Crippen MR) is 94.3 cm³/mol. The molecule has 0 aliphatic carbocycles. The van der Waals surface area contributed by atoms with Gasteiger partial charge in [-0.25, -0.2) is 4.79 Å². The van der Waals surface area contributed by atoms with Gasteiger partial charge < -0.3 is 16.0 Å². The van der Waals surface area contributed by atoms with E-state index in [2.05, 4.69) is 28.0 Å². The summed E-state index contributed by atoms with van der Waals surface area (Å²) in [4.78, 5) is 23.9. The van der Waals surface area contributed by atoms with E-state index in [9.17, 15) is 9.59 Å². The lowest BCUT2D eigenvalue weighted by molar-refractivity contribution is 0.0955. The lowest BCUT2D eigenvalue weighted by Gasteiger charge is -2.10. The molecular weight excluding hydrogens is 306 g/mol. The Morgan fingerprint density at radius 3 is 2.67 bits per heavy atom. The highest BCUT2D eigenvalue weighted by atomic mass is 16.2. The zero-order valence-corrected chi connectivity index (χ0v) is 14.2. The molecule has 7 heteroatoms. The molecule has 0 bridgehead atoms. The highest BCUT2D eigenvalue weighted by molar-refractivity contribution is 6.01. The largest absolute Gasteiger partial charge is 0.352 e. The molecular formula is C17H23N5O2. The van der Waals surface area contributed by atoms with E-state index in [1.54, 1.807) is 35.3 Å². The second-order valence-electron chi connectivity index (χ2n) is 5.46. The molecule has 0 spiro atoms. The maximum absolute atomic E-state index is 12.1. The van der Waals surface area contributed by atoms with Gasteiger partial charge in [0, 0.05) is 30.5 Å². The van der Waals surface area contributed by atoms with Gasteiger partial charge in [-0.15, -0.1) is 0 Å². The van der Waals surface area contributed by atoms with Crippen molar-refractivity contribution in [2.24, 2.45) is 0 Å². The Labute approximate surface area is 141 Å². The number of hydrogen-bond donors (Lipinski definition) is 3. The smallest absolute Gasteiger partial charge is 0.323 e. The van der Waals surface area contributed by atoms with Crippen LogP contribution in [0.1, 0.15) is 36.2 Å². The van der Waals surface area contributed by atoms with Gasteiger partial charge in [0.15, 0.2) is 0 Å². The zero-order valence-electron chi connectivity index (χ0n) is 14.2. The van der Waals surface area contributed by atoms with Crippen LogP contribution < -0.4 is 16.0 Å². The van der Waals surface area contributed by atoms with Gasteiger partial charge in [0.05, 0.1) is 11.9 Å². The van der Waals surface area contributed by atoms with Gasteiger partial charge in [0.1, 0.15) is 0 Å². The molecule has 128 valence electrons. The minimum atomic E-state index is -0.347. The van der Waals surface area contributed by atoms with E-state index in [-0.39, 0.29) is 11.9 Å². The van der Waals surface area contributed by atoms with Crippen LogP contribution in [0.4, 0.5) is 16.2 Å². The number of amides is 3. The van der Waals surface area contributed by atoms with Crippen LogP contribution in [0.2, 0.25) is 0 Å². The van der Waals surface area contributed by atoms with Gasteiger partial charge >= 0.3 is 6.03 Å². The zero-order chi connectivity index (χ0) is 17.5. The van der Waals surface area contributed by atoms with Crippen molar-refractivity contribution in [3.8, 4) is 0 Å². The number of urea groups is 1. The van der Waals surface area contributed by atoms with E-state index in [1.165, 1.54) is 0 Å². The topological polar surface area (TPSA) is 88.0 Å². The lowest BCUT2D eigenvalue weighted by atomic mass is 10.1. The van der Waals surface area contributed by atoms with Crippen molar-refractivity contribution in [3.63, 3.8) is 0 Å².